The lowest BCUT2D eigenvalue weighted by molar-refractivity contribution is -0.112. The van der Waals surface area contributed by atoms with Gasteiger partial charge < -0.3 is 15.4 Å². The van der Waals surface area contributed by atoms with E-state index in [1.165, 1.54) is 11.8 Å². The molecule has 0 heterocycles. The molecule has 6 heteroatoms. The highest BCUT2D eigenvalue weighted by Gasteiger charge is 2.16. The van der Waals surface area contributed by atoms with Crippen molar-refractivity contribution < 1.29 is 14.3 Å². The molecule has 0 aliphatic carbocycles. The third kappa shape index (κ3) is 7.63. The van der Waals surface area contributed by atoms with Crippen LogP contribution in [0.25, 0.3) is 0 Å². The molecule has 0 saturated heterocycles. The number of rotatable bonds is 11. The Morgan fingerprint density at radius 2 is 1.74 bits per heavy atom. The molecule has 162 valence electrons. The van der Waals surface area contributed by atoms with E-state index in [4.69, 9.17) is 4.74 Å². The fourth-order valence-electron chi connectivity index (χ4n) is 2.80. The number of benzene rings is 2. The van der Waals surface area contributed by atoms with Crippen molar-refractivity contribution in [2.75, 3.05) is 17.2 Å². The lowest BCUT2D eigenvalue weighted by atomic mass is 10.1. The van der Waals surface area contributed by atoms with Gasteiger partial charge in [0.25, 0.3) is 5.91 Å². The number of amides is 1. The molecule has 0 saturated carbocycles. The number of nitriles is 1. The Kier molecular flexibility index (Phi) is 9.83. The van der Waals surface area contributed by atoms with Crippen molar-refractivity contribution in [1.29, 1.82) is 5.26 Å². The second-order valence-electron chi connectivity index (χ2n) is 7.10. The van der Waals surface area contributed by atoms with Crippen LogP contribution in [0.5, 0.6) is 0 Å². The van der Waals surface area contributed by atoms with E-state index in [0.29, 0.717) is 12.3 Å². The molecule has 2 N–H and O–H groups in total. The number of nitrogens with one attached hydrogen (secondary N) is 2. The molecule has 0 aromatic heterocycles. The predicted molar refractivity (Wildman–Crippen MR) is 123 cm³/mol. The molecule has 0 bridgehead atoms. The van der Waals surface area contributed by atoms with Crippen molar-refractivity contribution >= 4 is 23.3 Å². The molecule has 1 amide bonds. The molecule has 0 unspecified atom stereocenters. The van der Waals surface area contributed by atoms with E-state index in [2.05, 4.69) is 17.6 Å². The van der Waals surface area contributed by atoms with Gasteiger partial charge in [0.1, 0.15) is 11.6 Å². The smallest absolute Gasteiger partial charge is 0.340 e. The normalized spacial score (nSPS) is 10.8. The van der Waals surface area contributed by atoms with Crippen molar-refractivity contribution in [2.45, 2.75) is 46.0 Å². The molecule has 2 aromatic carbocycles. The van der Waals surface area contributed by atoms with Crippen LogP contribution >= 0.6 is 0 Å². The van der Waals surface area contributed by atoms with Crippen molar-refractivity contribution in [1.82, 2.24) is 0 Å². The summed E-state index contributed by atoms with van der Waals surface area (Å²) in [7, 11) is 0. The van der Waals surface area contributed by atoms with E-state index in [0.717, 1.165) is 37.8 Å². The van der Waals surface area contributed by atoms with Gasteiger partial charge in [-0.05, 0) is 49.1 Å². The highest BCUT2D eigenvalue weighted by molar-refractivity contribution is 6.09. The minimum atomic E-state index is -0.608. The van der Waals surface area contributed by atoms with Crippen molar-refractivity contribution in [3.05, 3.63) is 71.4 Å². The first-order valence-corrected chi connectivity index (χ1v) is 10.6. The second-order valence-corrected chi connectivity index (χ2v) is 7.10. The number of carbonyl (C=O) groups is 2. The van der Waals surface area contributed by atoms with E-state index >= 15 is 0 Å². The van der Waals surface area contributed by atoms with Gasteiger partial charge in [-0.1, -0.05) is 51.0 Å². The van der Waals surface area contributed by atoms with Crippen LogP contribution in [0.1, 0.15) is 55.5 Å². The molecule has 2 aromatic rings. The summed E-state index contributed by atoms with van der Waals surface area (Å²) in [6.45, 7) is 4.48. The zero-order valence-corrected chi connectivity index (χ0v) is 18.1. The summed E-state index contributed by atoms with van der Waals surface area (Å²) in [5.41, 5.74) is 2.47. The summed E-state index contributed by atoms with van der Waals surface area (Å²) in [5.74, 6) is -1.11. The van der Waals surface area contributed by atoms with Crippen LogP contribution < -0.4 is 10.6 Å². The Hall–Kier alpha value is -3.59. The minimum absolute atomic E-state index is 0.107. The maximum absolute atomic E-state index is 12.6. The molecule has 0 spiro atoms. The fraction of sp³-hybridized carbons (Fsp3) is 0.320. The number of carbonyl (C=O) groups excluding carboxylic acids is 2. The van der Waals surface area contributed by atoms with E-state index in [9.17, 15) is 14.9 Å². The van der Waals surface area contributed by atoms with Crippen LogP contribution in [0.3, 0.4) is 0 Å². The lowest BCUT2D eigenvalue weighted by Crippen LogP contribution is -2.18. The molecule has 31 heavy (non-hydrogen) atoms. The van der Waals surface area contributed by atoms with Gasteiger partial charge in [0, 0.05) is 11.9 Å². The zero-order valence-electron chi connectivity index (χ0n) is 18.1. The van der Waals surface area contributed by atoms with Gasteiger partial charge in [0.05, 0.1) is 17.9 Å². The van der Waals surface area contributed by atoms with E-state index < -0.39 is 11.9 Å². The summed E-state index contributed by atoms with van der Waals surface area (Å²) in [6.07, 6.45) is 6.35. The number of hydrogen-bond acceptors (Lipinski definition) is 5. The number of unbranched alkanes of at least 4 members (excludes halogenated alkanes) is 2. The number of hydrogen-bond donors (Lipinski definition) is 2. The molecule has 6 nitrogen and oxygen atoms in total. The first-order chi connectivity index (χ1) is 15.1. The summed E-state index contributed by atoms with van der Waals surface area (Å²) in [4.78, 5) is 24.9. The van der Waals surface area contributed by atoms with Gasteiger partial charge in [-0.2, -0.15) is 5.26 Å². The van der Waals surface area contributed by atoms with Crippen LogP contribution in [0.15, 0.2) is 60.3 Å². The van der Waals surface area contributed by atoms with Crippen LogP contribution in [-0.4, -0.2) is 18.5 Å². The Morgan fingerprint density at radius 3 is 2.42 bits per heavy atom. The maximum Gasteiger partial charge on any atom is 0.340 e. The number of para-hydroxylation sites is 1. The Labute approximate surface area is 183 Å². The van der Waals surface area contributed by atoms with Crippen LogP contribution in [0, 0.1) is 11.3 Å². The van der Waals surface area contributed by atoms with Crippen LogP contribution in [-0.2, 0) is 16.0 Å². The van der Waals surface area contributed by atoms with E-state index in [-0.39, 0.29) is 11.1 Å². The number of esters is 1. The molecular weight excluding hydrogens is 390 g/mol. The highest BCUT2D eigenvalue weighted by Crippen LogP contribution is 2.18. The number of aryl methyl sites for hydroxylation is 1. The molecule has 0 fully saturated rings. The predicted octanol–water partition coefficient (Wildman–Crippen LogP) is 5.44. The second kappa shape index (κ2) is 12.9. The first-order valence-electron chi connectivity index (χ1n) is 10.6. The Bertz CT molecular complexity index is 943. The summed E-state index contributed by atoms with van der Waals surface area (Å²) in [5, 5.41) is 15.0. The Balaban J connectivity index is 2.04. The summed E-state index contributed by atoms with van der Waals surface area (Å²) < 4.78 is 5.23. The summed E-state index contributed by atoms with van der Waals surface area (Å²) in [6, 6.07) is 16.3. The van der Waals surface area contributed by atoms with Crippen LogP contribution in [0.2, 0.25) is 0 Å². The maximum atomic E-state index is 12.6. The van der Waals surface area contributed by atoms with Crippen molar-refractivity contribution in [2.24, 2.45) is 0 Å². The lowest BCUT2D eigenvalue weighted by Gasteiger charge is -2.11. The van der Waals surface area contributed by atoms with E-state index in [1.807, 2.05) is 37.3 Å². The fourth-order valence-corrected chi connectivity index (χ4v) is 2.80. The largest absolute Gasteiger partial charge is 0.462 e. The molecule has 0 aliphatic rings. The van der Waals surface area contributed by atoms with Crippen molar-refractivity contribution in [3.8, 4) is 6.07 Å². The van der Waals surface area contributed by atoms with Crippen LogP contribution in [0.4, 0.5) is 11.4 Å². The standard InChI is InChI=1S/C25H29N3O3/c1-3-5-9-19-12-14-21(15-13-19)27-18-20(17-26)24(29)28-23-11-8-7-10-22(23)25(30)31-16-6-4-2/h7-8,10-15,18,27H,3-6,9,16H2,1-2H3,(H,28,29)/b20-18-. The van der Waals surface area contributed by atoms with Gasteiger partial charge in [-0.25, -0.2) is 4.79 Å². The molecule has 0 aliphatic heterocycles. The van der Waals surface area contributed by atoms with Gasteiger partial charge in [0.15, 0.2) is 0 Å². The third-order valence-electron chi connectivity index (χ3n) is 4.65. The first kappa shape index (κ1) is 23.7. The summed E-state index contributed by atoms with van der Waals surface area (Å²) >= 11 is 0. The molecule has 0 radical (unpaired) electrons. The topological polar surface area (TPSA) is 91.2 Å². The Morgan fingerprint density at radius 1 is 1.03 bits per heavy atom. The monoisotopic (exact) mass is 419 g/mol. The number of anilines is 2. The highest BCUT2D eigenvalue weighted by atomic mass is 16.5. The van der Waals surface area contributed by atoms with E-state index in [1.54, 1.807) is 24.3 Å². The molecular formula is C25H29N3O3. The minimum Gasteiger partial charge on any atom is -0.462 e. The number of ether oxygens (including phenoxy) is 1. The molecule has 0 atom stereocenters. The third-order valence-corrected chi connectivity index (χ3v) is 4.65. The average Bonchev–Trinajstić information content (AvgIpc) is 2.79. The SMILES string of the molecule is CCCCOC(=O)c1ccccc1NC(=O)/C(C#N)=C\Nc1ccc(CCCC)cc1. The quantitative estimate of drug-likeness (QED) is 0.219. The van der Waals surface area contributed by atoms with Gasteiger partial charge >= 0.3 is 5.97 Å². The zero-order chi connectivity index (χ0) is 22.5. The van der Waals surface area contributed by atoms with Gasteiger partial charge in [0.2, 0.25) is 0 Å². The molecule has 2 rings (SSSR count). The van der Waals surface area contributed by atoms with Crippen molar-refractivity contribution in [3.63, 3.8) is 0 Å². The van der Waals surface area contributed by atoms with Gasteiger partial charge in [-0.3, -0.25) is 4.79 Å². The van der Waals surface area contributed by atoms with Gasteiger partial charge in [-0.15, -0.1) is 0 Å². The average molecular weight is 420 g/mol. The number of nitrogens with zero attached hydrogens (tertiary/aromatic N) is 1.